The minimum atomic E-state index is -4.83. The van der Waals surface area contributed by atoms with Crippen molar-refractivity contribution in [1.82, 2.24) is 0 Å². The Bertz CT molecular complexity index is 1170. The fraction of sp³-hybridized carbons (Fsp3) is 0.0625. The maximum atomic E-state index is 12.4. The van der Waals surface area contributed by atoms with Gasteiger partial charge in [0.2, 0.25) is 0 Å². The standard InChI is InChI=1S/C16H12Cl2O7S2/c1-9-6-13(17)14(18)8-12(9)15(19)5-3-10-2-4-11(26(20,21)22)7-16(10)27(23,24)25/h2-8H,1H3,(H,20,21,22)(H,23,24,25). The first-order chi connectivity index (χ1) is 12.3. The zero-order chi connectivity index (χ0) is 20.6. The maximum absolute atomic E-state index is 12.4. The molecule has 0 aliphatic carbocycles. The second-order valence-corrected chi connectivity index (χ2v) is 9.05. The SMILES string of the molecule is Cc1cc(Cl)c(Cl)cc1C(=O)C=Cc1ccc(S(=O)(=O)O)cc1S(=O)(=O)O. The van der Waals surface area contributed by atoms with Gasteiger partial charge in [0.15, 0.2) is 5.78 Å². The summed E-state index contributed by atoms with van der Waals surface area (Å²) in [6, 6.07) is 5.39. The van der Waals surface area contributed by atoms with E-state index in [2.05, 4.69) is 0 Å². The number of rotatable bonds is 5. The van der Waals surface area contributed by atoms with Crippen molar-refractivity contribution in [1.29, 1.82) is 0 Å². The Balaban J connectivity index is 2.51. The Morgan fingerprint density at radius 2 is 1.56 bits per heavy atom. The van der Waals surface area contributed by atoms with Crippen LogP contribution in [0.15, 0.2) is 46.2 Å². The van der Waals surface area contributed by atoms with Crippen LogP contribution < -0.4 is 0 Å². The Morgan fingerprint density at radius 3 is 2.11 bits per heavy atom. The number of hydrogen-bond acceptors (Lipinski definition) is 5. The third kappa shape index (κ3) is 5.16. The highest BCUT2D eigenvalue weighted by Crippen LogP contribution is 2.27. The highest BCUT2D eigenvalue weighted by molar-refractivity contribution is 7.86. The highest BCUT2D eigenvalue weighted by Gasteiger charge is 2.19. The molecule has 0 aliphatic heterocycles. The van der Waals surface area contributed by atoms with E-state index >= 15 is 0 Å². The molecule has 0 unspecified atom stereocenters. The third-order valence-electron chi connectivity index (χ3n) is 3.51. The molecular formula is C16H12Cl2O7S2. The van der Waals surface area contributed by atoms with E-state index in [1.807, 2.05) is 0 Å². The lowest BCUT2D eigenvalue weighted by Crippen LogP contribution is -2.05. The van der Waals surface area contributed by atoms with Crippen molar-refractivity contribution in [3.05, 3.63) is 63.1 Å². The summed E-state index contributed by atoms with van der Waals surface area (Å²) in [6.07, 6.45) is 2.12. The first-order valence-electron chi connectivity index (χ1n) is 7.08. The van der Waals surface area contributed by atoms with E-state index in [0.29, 0.717) is 11.6 Å². The molecule has 0 bridgehead atoms. The molecule has 2 aromatic rings. The first-order valence-corrected chi connectivity index (χ1v) is 10.7. The quantitative estimate of drug-likeness (QED) is 0.403. The zero-order valence-electron chi connectivity index (χ0n) is 13.5. The van der Waals surface area contributed by atoms with Gasteiger partial charge in [-0.1, -0.05) is 29.3 Å². The normalized spacial score (nSPS) is 12.5. The lowest BCUT2D eigenvalue weighted by atomic mass is 10.0. The first kappa shape index (κ1) is 21.5. The van der Waals surface area contributed by atoms with Gasteiger partial charge in [-0.2, -0.15) is 16.8 Å². The molecule has 0 aromatic heterocycles. The third-order valence-corrected chi connectivity index (χ3v) is 5.99. The maximum Gasteiger partial charge on any atom is 0.295 e. The van der Waals surface area contributed by atoms with Crippen molar-refractivity contribution in [3.8, 4) is 0 Å². The molecular weight excluding hydrogens is 439 g/mol. The van der Waals surface area contributed by atoms with Crippen molar-refractivity contribution >= 4 is 55.3 Å². The van der Waals surface area contributed by atoms with Crippen LogP contribution in [0.4, 0.5) is 0 Å². The number of ketones is 1. The molecule has 0 spiro atoms. The van der Waals surface area contributed by atoms with Crippen LogP contribution in [-0.4, -0.2) is 31.7 Å². The van der Waals surface area contributed by atoms with Gasteiger partial charge in [0.1, 0.15) is 4.90 Å². The van der Waals surface area contributed by atoms with Crippen molar-refractivity contribution in [3.63, 3.8) is 0 Å². The monoisotopic (exact) mass is 450 g/mol. The number of halogens is 2. The second-order valence-electron chi connectivity index (χ2n) is 5.43. The van der Waals surface area contributed by atoms with E-state index in [9.17, 15) is 26.2 Å². The number of hydrogen-bond donors (Lipinski definition) is 2. The molecule has 2 N–H and O–H groups in total. The van der Waals surface area contributed by atoms with Gasteiger partial charge in [-0.25, -0.2) is 0 Å². The largest absolute Gasteiger partial charge is 0.295 e. The number of aryl methyl sites for hydroxylation is 1. The van der Waals surface area contributed by atoms with Crippen LogP contribution in [-0.2, 0) is 20.2 Å². The van der Waals surface area contributed by atoms with E-state index in [1.54, 1.807) is 6.92 Å². The summed E-state index contributed by atoms with van der Waals surface area (Å²) in [6.45, 7) is 1.63. The van der Waals surface area contributed by atoms with Crippen LogP contribution in [0, 0.1) is 6.92 Å². The van der Waals surface area contributed by atoms with Crippen LogP contribution >= 0.6 is 23.2 Å². The summed E-state index contributed by atoms with van der Waals surface area (Å²) in [7, 11) is -9.51. The number of benzene rings is 2. The van der Waals surface area contributed by atoms with Crippen LogP contribution in [0.1, 0.15) is 21.5 Å². The molecule has 144 valence electrons. The minimum Gasteiger partial charge on any atom is -0.289 e. The molecule has 0 heterocycles. The molecule has 27 heavy (non-hydrogen) atoms. The molecule has 0 saturated heterocycles. The summed E-state index contributed by atoms with van der Waals surface area (Å²) in [5.41, 5.74) is 0.607. The molecule has 0 amide bonds. The lowest BCUT2D eigenvalue weighted by molar-refractivity contribution is 0.104. The number of carbonyl (C=O) groups is 1. The Morgan fingerprint density at radius 1 is 0.963 bits per heavy atom. The van der Waals surface area contributed by atoms with Crippen molar-refractivity contribution in [2.45, 2.75) is 16.7 Å². The number of allylic oxidation sites excluding steroid dienone is 1. The van der Waals surface area contributed by atoms with Crippen LogP contribution in [0.25, 0.3) is 6.08 Å². The van der Waals surface area contributed by atoms with Gasteiger partial charge in [-0.3, -0.25) is 13.9 Å². The summed E-state index contributed by atoms with van der Waals surface area (Å²) >= 11 is 11.8. The predicted molar refractivity (Wildman–Crippen MR) is 101 cm³/mol. The van der Waals surface area contributed by atoms with Crippen molar-refractivity contribution in [2.24, 2.45) is 0 Å². The molecule has 0 saturated carbocycles. The van der Waals surface area contributed by atoms with Gasteiger partial charge < -0.3 is 0 Å². The second kappa shape index (κ2) is 7.70. The van der Waals surface area contributed by atoms with Gasteiger partial charge >= 0.3 is 0 Å². The average Bonchev–Trinajstić information content (AvgIpc) is 2.54. The van der Waals surface area contributed by atoms with Gasteiger partial charge in [-0.05, 0) is 54.5 Å². The minimum absolute atomic E-state index is 0.157. The summed E-state index contributed by atoms with van der Waals surface area (Å²) in [5, 5.41) is 0.430. The van der Waals surface area contributed by atoms with E-state index in [0.717, 1.165) is 24.3 Å². The predicted octanol–water partition coefficient (Wildman–Crippen LogP) is 3.69. The molecule has 0 aliphatic rings. The Kier molecular flexibility index (Phi) is 6.15. The van der Waals surface area contributed by atoms with E-state index in [1.165, 1.54) is 12.1 Å². The Labute approximate surface area is 165 Å². The van der Waals surface area contributed by atoms with Crippen LogP contribution in [0.2, 0.25) is 10.0 Å². The van der Waals surface area contributed by atoms with Gasteiger partial charge in [0.05, 0.1) is 14.9 Å². The Hall–Kier alpha value is -1.75. The molecule has 2 rings (SSSR count). The molecule has 2 aromatic carbocycles. The molecule has 7 nitrogen and oxygen atoms in total. The van der Waals surface area contributed by atoms with E-state index < -0.39 is 35.8 Å². The summed E-state index contributed by atoms with van der Waals surface area (Å²) in [4.78, 5) is 10.8. The number of carbonyl (C=O) groups excluding carboxylic acids is 1. The van der Waals surface area contributed by atoms with Crippen molar-refractivity contribution < 1.29 is 30.7 Å². The van der Waals surface area contributed by atoms with Gasteiger partial charge in [-0.15, -0.1) is 0 Å². The molecule has 11 heteroatoms. The van der Waals surface area contributed by atoms with Gasteiger partial charge in [0.25, 0.3) is 20.2 Å². The van der Waals surface area contributed by atoms with Crippen LogP contribution in [0.3, 0.4) is 0 Å². The average molecular weight is 451 g/mol. The fourth-order valence-corrected chi connectivity index (χ4v) is 3.88. The van der Waals surface area contributed by atoms with E-state index in [-0.39, 0.29) is 21.2 Å². The molecule has 0 fully saturated rings. The summed E-state index contributed by atoms with van der Waals surface area (Å²) < 4.78 is 63.6. The van der Waals surface area contributed by atoms with Crippen molar-refractivity contribution in [2.75, 3.05) is 0 Å². The lowest BCUT2D eigenvalue weighted by Gasteiger charge is -2.06. The fourth-order valence-electron chi connectivity index (χ4n) is 2.20. The zero-order valence-corrected chi connectivity index (χ0v) is 16.7. The summed E-state index contributed by atoms with van der Waals surface area (Å²) in [5.74, 6) is -0.522. The molecule has 0 atom stereocenters. The highest BCUT2D eigenvalue weighted by atomic mass is 35.5. The van der Waals surface area contributed by atoms with E-state index in [4.69, 9.17) is 27.8 Å². The van der Waals surface area contributed by atoms with Crippen LogP contribution in [0.5, 0.6) is 0 Å². The van der Waals surface area contributed by atoms with Gasteiger partial charge in [0, 0.05) is 5.56 Å². The smallest absolute Gasteiger partial charge is 0.289 e. The molecule has 0 radical (unpaired) electrons. The topological polar surface area (TPSA) is 126 Å².